The lowest BCUT2D eigenvalue weighted by molar-refractivity contribution is -0.107. The average Bonchev–Trinajstić information content (AvgIpc) is 2.94. The van der Waals surface area contributed by atoms with Crippen LogP contribution >= 0.6 is 38.5 Å². The van der Waals surface area contributed by atoms with E-state index in [1.807, 2.05) is 12.1 Å². The van der Waals surface area contributed by atoms with Gasteiger partial charge in [-0.05, 0) is 63.5 Å². The number of nitrogens with zero attached hydrogens (tertiary/aromatic N) is 1. The lowest BCUT2D eigenvalue weighted by atomic mass is 10.2. The van der Waals surface area contributed by atoms with E-state index >= 15 is 0 Å². The SMILES string of the molecule is Nc1cc(I)cc(Br)c1N(C=O)C1CC1. The van der Waals surface area contributed by atoms with Crippen molar-refractivity contribution >= 4 is 56.3 Å². The minimum absolute atomic E-state index is 0.334. The topological polar surface area (TPSA) is 46.3 Å². The molecule has 3 nitrogen and oxygen atoms in total. The number of nitrogen functional groups attached to an aromatic ring is 1. The molecule has 1 aromatic carbocycles. The number of hydrogen-bond acceptors (Lipinski definition) is 2. The summed E-state index contributed by atoms with van der Waals surface area (Å²) >= 11 is 5.65. The highest BCUT2D eigenvalue weighted by Gasteiger charge is 2.31. The van der Waals surface area contributed by atoms with Crippen molar-refractivity contribution in [3.05, 3.63) is 20.2 Å². The molecule has 1 aliphatic rings. The van der Waals surface area contributed by atoms with Crippen LogP contribution in [0, 0.1) is 3.57 Å². The Labute approximate surface area is 110 Å². The zero-order valence-corrected chi connectivity index (χ0v) is 11.7. The number of anilines is 2. The molecule has 5 heteroatoms. The van der Waals surface area contributed by atoms with Crippen LogP contribution in [-0.2, 0) is 4.79 Å². The number of carbonyl (C=O) groups is 1. The molecule has 0 unspecified atom stereocenters. The van der Waals surface area contributed by atoms with E-state index < -0.39 is 0 Å². The molecule has 0 radical (unpaired) electrons. The minimum Gasteiger partial charge on any atom is -0.397 e. The fraction of sp³-hybridized carbons (Fsp3) is 0.300. The van der Waals surface area contributed by atoms with E-state index in [-0.39, 0.29) is 0 Å². The number of hydrogen-bond donors (Lipinski definition) is 1. The van der Waals surface area contributed by atoms with Gasteiger partial charge < -0.3 is 10.6 Å². The molecule has 2 N–H and O–H groups in total. The maximum atomic E-state index is 11.0. The van der Waals surface area contributed by atoms with Crippen molar-refractivity contribution in [3.63, 3.8) is 0 Å². The first-order valence-electron chi connectivity index (χ1n) is 4.61. The molecule has 0 atom stereocenters. The third-order valence-electron chi connectivity index (χ3n) is 2.37. The highest BCUT2D eigenvalue weighted by molar-refractivity contribution is 14.1. The number of amides is 1. The van der Waals surface area contributed by atoms with Gasteiger partial charge in [0.1, 0.15) is 0 Å². The van der Waals surface area contributed by atoms with Crippen LogP contribution in [-0.4, -0.2) is 12.5 Å². The fourth-order valence-corrected chi connectivity index (χ4v) is 3.29. The molecule has 0 spiro atoms. The Morgan fingerprint density at radius 2 is 2.20 bits per heavy atom. The molecule has 0 bridgehead atoms. The molecule has 15 heavy (non-hydrogen) atoms. The first-order valence-corrected chi connectivity index (χ1v) is 6.49. The smallest absolute Gasteiger partial charge is 0.214 e. The molecule has 0 saturated heterocycles. The van der Waals surface area contributed by atoms with E-state index in [1.54, 1.807) is 4.90 Å². The zero-order chi connectivity index (χ0) is 11.0. The highest BCUT2D eigenvalue weighted by atomic mass is 127. The highest BCUT2D eigenvalue weighted by Crippen LogP contribution is 2.39. The predicted molar refractivity (Wildman–Crippen MR) is 72.8 cm³/mol. The van der Waals surface area contributed by atoms with E-state index in [0.717, 1.165) is 33.0 Å². The van der Waals surface area contributed by atoms with Crippen LogP contribution in [0.3, 0.4) is 0 Å². The van der Waals surface area contributed by atoms with Crippen molar-refractivity contribution in [3.8, 4) is 0 Å². The van der Waals surface area contributed by atoms with Crippen molar-refractivity contribution in [1.29, 1.82) is 0 Å². The Bertz CT molecular complexity index is 383. The number of rotatable bonds is 3. The maximum absolute atomic E-state index is 11.0. The van der Waals surface area contributed by atoms with Crippen LogP contribution in [0.15, 0.2) is 16.6 Å². The van der Waals surface area contributed by atoms with Crippen molar-refractivity contribution in [1.82, 2.24) is 0 Å². The molecule has 1 aliphatic carbocycles. The maximum Gasteiger partial charge on any atom is 0.214 e. The normalized spacial score (nSPS) is 15.1. The van der Waals surface area contributed by atoms with Crippen molar-refractivity contribution in [2.45, 2.75) is 18.9 Å². The summed E-state index contributed by atoms with van der Waals surface area (Å²) in [5.74, 6) is 0. The van der Waals surface area contributed by atoms with Gasteiger partial charge in [-0.25, -0.2) is 0 Å². The van der Waals surface area contributed by atoms with Crippen LogP contribution in [0.5, 0.6) is 0 Å². The van der Waals surface area contributed by atoms with E-state index in [2.05, 4.69) is 38.5 Å². The Balaban J connectivity index is 2.45. The molecular weight excluding hydrogens is 371 g/mol. The van der Waals surface area contributed by atoms with Crippen LogP contribution in [0.25, 0.3) is 0 Å². The van der Waals surface area contributed by atoms with Crippen molar-refractivity contribution in [2.24, 2.45) is 0 Å². The van der Waals surface area contributed by atoms with E-state index in [1.165, 1.54) is 0 Å². The largest absolute Gasteiger partial charge is 0.397 e. The van der Waals surface area contributed by atoms with Crippen molar-refractivity contribution in [2.75, 3.05) is 10.6 Å². The summed E-state index contributed by atoms with van der Waals surface area (Å²) in [7, 11) is 0. The second kappa shape index (κ2) is 4.29. The van der Waals surface area contributed by atoms with E-state index in [4.69, 9.17) is 5.73 Å². The molecule has 0 aliphatic heterocycles. The number of carbonyl (C=O) groups excluding carboxylic acids is 1. The summed E-state index contributed by atoms with van der Waals surface area (Å²) in [6, 6.07) is 4.17. The Hall–Kier alpha value is -0.300. The summed E-state index contributed by atoms with van der Waals surface area (Å²) in [5, 5.41) is 0. The Kier molecular flexibility index (Phi) is 3.20. The quantitative estimate of drug-likeness (QED) is 0.498. The van der Waals surface area contributed by atoms with Gasteiger partial charge in [-0.1, -0.05) is 0 Å². The molecule has 0 heterocycles. The standard InChI is InChI=1S/C10H10BrIN2O/c11-8-3-6(12)4-9(13)10(8)14(5-15)7-1-2-7/h3-5,7H,1-2,13H2. The zero-order valence-electron chi connectivity index (χ0n) is 7.91. The third-order valence-corrected chi connectivity index (χ3v) is 3.60. The van der Waals surface area contributed by atoms with Crippen LogP contribution < -0.4 is 10.6 Å². The molecule has 0 aromatic heterocycles. The minimum atomic E-state index is 0.334. The number of halogens is 2. The summed E-state index contributed by atoms with van der Waals surface area (Å²) < 4.78 is 1.94. The van der Waals surface area contributed by atoms with Crippen LogP contribution in [0.2, 0.25) is 0 Å². The van der Waals surface area contributed by atoms with Gasteiger partial charge in [0.2, 0.25) is 6.41 Å². The van der Waals surface area contributed by atoms with Gasteiger partial charge in [0, 0.05) is 14.1 Å². The Morgan fingerprint density at radius 3 is 2.67 bits per heavy atom. The van der Waals surface area contributed by atoms with E-state index in [0.29, 0.717) is 11.7 Å². The molecule has 80 valence electrons. The van der Waals surface area contributed by atoms with Gasteiger partial charge in [-0.2, -0.15) is 0 Å². The van der Waals surface area contributed by atoms with Gasteiger partial charge in [0.15, 0.2) is 0 Å². The lowest BCUT2D eigenvalue weighted by Crippen LogP contribution is -2.24. The van der Waals surface area contributed by atoms with Crippen LogP contribution in [0.1, 0.15) is 12.8 Å². The molecular formula is C10H10BrIN2O. The van der Waals surface area contributed by atoms with Gasteiger partial charge in [0.25, 0.3) is 0 Å². The summed E-state index contributed by atoms with van der Waals surface area (Å²) in [4.78, 5) is 12.7. The van der Waals surface area contributed by atoms with Gasteiger partial charge in [-0.3, -0.25) is 4.79 Å². The predicted octanol–water partition coefficient (Wildman–Crippen LogP) is 2.76. The van der Waals surface area contributed by atoms with E-state index in [9.17, 15) is 4.79 Å². The van der Waals surface area contributed by atoms with Gasteiger partial charge >= 0.3 is 0 Å². The number of benzene rings is 1. The monoisotopic (exact) mass is 380 g/mol. The summed E-state index contributed by atoms with van der Waals surface area (Å²) in [5.41, 5.74) is 7.37. The molecule has 2 rings (SSSR count). The molecule has 1 amide bonds. The fourth-order valence-electron chi connectivity index (χ4n) is 1.53. The van der Waals surface area contributed by atoms with Crippen LogP contribution in [0.4, 0.5) is 11.4 Å². The Morgan fingerprint density at radius 1 is 1.53 bits per heavy atom. The average molecular weight is 381 g/mol. The molecule has 1 saturated carbocycles. The first kappa shape index (κ1) is 11.2. The number of nitrogens with two attached hydrogens (primary N) is 1. The molecule has 1 fully saturated rings. The molecule has 1 aromatic rings. The third kappa shape index (κ3) is 2.28. The van der Waals surface area contributed by atoms with Gasteiger partial charge in [-0.15, -0.1) is 0 Å². The van der Waals surface area contributed by atoms with Gasteiger partial charge in [0.05, 0.1) is 11.4 Å². The van der Waals surface area contributed by atoms with Crippen molar-refractivity contribution < 1.29 is 4.79 Å². The second-order valence-corrected chi connectivity index (χ2v) is 5.67. The lowest BCUT2D eigenvalue weighted by Gasteiger charge is -2.20. The summed E-state index contributed by atoms with van der Waals surface area (Å²) in [6.07, 6.45) is 2.99. The summed E-state index contributed by atoms with van der Waals surface area (Å²) in [6.45, 7) is 0. The second-order valence-electron chi connectivity index (χ2n) is 3.57. The first-order chi connectivity index (χ1) is 7.13.